The zero-order valence-electron chi connectivity index (χ0n) is 15.7. The van der Waals surface area contributed by atoms with Gasteiger partial charge in [-0.1, -0.05) is 26.0 Å². The van der Waals surface area contributed by atoms with Gasteiger partial charge in [-0.05, 0) is 35.8 Å². The van der Waals surface area contributed by atoms with Crippen molar-refractivity contribution in [1.82, 2.24) is 0 Å². The van der Waals surface area contributed by atoms with E-state index in [1.165, 1.54) is 13.2 Å². The summed E-state index contributed by atoms with van der Waals surface area (Å²) in [5.74, 6) is -0.375. The SMILES string of the molecule is COC(=O)C1=C(C)Nc2scc(CC(C)C)c2[C@H]1c1cccc([N+](=O)[O-])c1. The van der Waals surface area contributed by atoms with Crippen LogP contribution >= 0.6 is 11.3 Å². The summed E-state index contributed by atoms with van der Waals surface area (Å²) in [5.41, 5.74) is 4.10. The third kappa shape index (κ3) is 3.60. The van der Waals surface area contributed by atoms with E-state index in [-0.39, 0.29) is 5.69 Å². The first-order chi connectivity index (χ1) is 12.8. The maximum Gasteiger partial charge on any atom is 0.336 e. The average molecular weight is 386 g/mol. The predicted molar refractivity (Wildman–Crippen MR) is 106 cm³/mol. The highest BCUT2D eigenvalue weighted by atomic mass is 32.1. The zero-order valence-corrected chi connectivity index (χ0v) is 16.6. The number of carbonyl (C=O) groups is 1. The van der Waals surface area contributed by atoms with Gasteiger partial charge in [0.25, 0.3) is 5.69 Å². The maximum absolute atomic E-state index is 12.6. The van der Waals surface area contributed by atoms with Crippen molar-refractivity contribution in [2.75, 3.05) is 12.4 Å². The normalized spacial score (nSPS) is 16.1. The molecule has 2 aromatic rings. The highest BCUT2D eigenvalue weighted by molar-refractivity contribution is 7.14. The van der Waals surface area contributed by atoms with Gasteiger partial charge in [0.2, 0.25) is 0 Å². The number of benzene rings is 1. The predicted octanol–water partition coefficient (Wildman–Crippen LogP) is 4.86. The van der Waals surface area contributed by atoms with Crippen LogP contribution in [0.1, 0.15) is 43.4 Å². The van der Waals surface area contributed by atoms with Gasteiger partial charge in [-0.25, -0.2) is 4.79 Å². The van der Waals surface area contributed by atoms with Crippen molar-refractivity contribution in [1.29, 1.82) is 0 Å². The Morgan fingerprint density at radius 1 is 1.41 bits per heavy atom. The van der Waals surface area contributed by atoms with Gasteiger partial charge >= 0.3 is 5.97 Å². The molecule has 1 N–H and O–H groups in total. The van der Waals surface area contributed by atoms with Gasteiger partial charge in [-0.2, -0.15) is 0 Å². The molecular formula is C20H22N2O4S. The van der Waals surface area contributed by atoms with Crippen LogP contribution in [0, 0.1) is 16.0 Å². The second kappa shape index (κ2) is 7.52. The van der Waals surface area contributed by atoms with Crippen LogP contribution in [-0.4, -0.2) is 18.0 Å². The van der Waals surface area contributed by atoms with Gasteiger partial charge in [-0.3, -0.25) is 10.1 Å². The van der Waals surface area contributed by atoms with Gasteiger partial charge in [0.1, 0.15) is 0 Å². The van der Waals surface area contributed by atoms with Crippen LogP contribution in [0.4, 0.5) is 10.7 Å². The minimum atomic E-state index is -0.427. The first kappa shape index (κ1) is 19.1. The molecule has 0 fully saturated rings. The molecule has 6 nitrogen and oxygen atoms in total. The summed E-state index contributed by atoms with van der Waals surface area (Å²) in [4.78, 5) is 23.5. The Labute approximate surface area is 162 Å². The lowest BCUT2D eigenvalue weighted by Crippen LogP contribution is -2.24. The third-order valence-electron chi connectivity index (χ3n) is 4.64. The van der Waals surface area contributed by atoms with Crippen molar-refractivity contribution in [3.05, 3.63) is 67.7 Å². The Bertz CT molecular complexity index is 930. The highest BCUT2D eigenvalue weighted by Crippen LogP contribution is 2.47. The number of esters is 1. The van der Waals surface area contributed by atoms with Crippen molar-refractivity contribution >= 4 is 28.0 Å². The molecule has 1 aliphatic rings. The number of hydrogen-bond acceptors (Lipinski definition) is 6. The summed E-state index contributed by atoms with van der Waals surface area (Å²) in [6.07, 6.45) is 0.868. The van der Waals surface area contributed by atoms with Crippen molar-refractivity contribution in [3.63, 3.8) is 0 Å². The molecule has 1 aromatic heterocycles. The van der Waals surface area contributed by atoms with E-state index in [1.54, 1.807) is 23.5 Å². The second-order valence-corrected chi connectivity index (χ2v) is 7.92. The molecular weight excluding hydrogens is 364 g/mol. The topological polar surface area (TPSA) is 81.5 Å². The number of anilines is 1. The van der Waals surface area contributed by atoms with Crippen molar-refractivity contribution in [2.45, 2.75) is 33.1 Å². The largest absolute Gasteiger partial charge is 0.466 e. The quantitative estimate of drug-likeness (QED) is 0.451. The van der Waals surface area contributed by atoms with Crippen LogP contribution in [0.25, 0.3) is 0 Å². The average Bonchev–Trinajstić information content (AvgIpc) is 3.01. The second-order valence-electron chi connectivity index (χ2n) is 7.04. The fraction of sp³-hybridized carbons (Fsp3) is 0.350. The minimum absolute atomic E-state index is 0.00934. The van der Waals surface area contributed by atoms with Gasteiger partial charge in [0.05, 0.1) is 22.6 Å². The number of ether oxygens (including phenoxy) is 1. The Morgan fingerprint density at radius 3 is 2.78 bits per heavy atom. The number of nitrogens with zero attached hydrogens (tertiary/aromatic N) is 1. The van der Waals surface area contributed by atoms with Gasteiger partial charge in [0, 0.05) is 29.3 Å². The Hall–Kier alpha value is -2.67. The lowest BCUT2D eigenvalue weighted by atomic mass is 9.80. The molecule has 1 atom stereocenters. The monoisotopic (exact) mass is 386 g/mol. The summed E-state index contributed by atoms with van der Waals surface area (Å²) in [6, 6.07) is 6.50. The maximum atomic E-state index is 12.6. The highest BCUT2D eigenvalue weighted by Gasteiger charge is 2.36. The summed E-state index contributed by atoms with van der Waals surface area (Å²) in [5, 5.41) is 17.7. The van der Waals surface area contributed by atoms with E-state index in [1.807, 2.05) is 13.0 Å². The van der Waals surface area contributed by atoms with Crippen molar-refractivity contribution in [3.8, 4) is 0 Å². The lowest BCUT2D eigenvalue weighted by Gasteiger charge is -2.29. The van der Waals surface area contributed by atoms with Crippen LogP contribution in [0.15, 0.2) is 40.9 Å². The van der Waals surface area contributed by atoms with Gasteiger partial charge in [0.15, 0.2) is 0 Å². The molecule has 0 bridgehead atoms. The fourth-order valence-electron chi connectivity index (χ4n) is 3.54. The van der Waals surface area contributed by atoms with E-state index in [0.717, 1.165) is 28.1 Å². The first-order valence-electron chi connectivity index (χ1n) is 8.74. The van der Waals surface area contributed by atoms with Crippen molar-refractivity contribution in [2.24, 2.45) is 5.92 Å². The molecule has 27 heavy (non-hydrogen) atoms. The van der Waals surface area contributed by atoms with E-state index < -0.39 is 16.8 Å². The van der Waals surface area contributed by atoms with Crippen LogP contribution in [0.2, 0.25) is 0 Å². The number of hydrogen-bond donors (Lipinski definition) is 1. The summed E-state index contributed by atoms with van der Waals surface area (Å²) in [6.45, 7) is 6.12. The van der Waals surface area contributed by atoms with E-state index >= 15 is 0 Å². The summed E-state index contributed by atoms with van der Waals surface area (Å²) >= 11 is 1.60. The smallest absolute Gasteiger partial charge is 0.336 e. The number of nitro groups is 1. The number of non-ortho nitro benzene ring substituents is 1. The number of nitrogens with one attached hydrogen (secondary N) is 1. The molecule has 0 saturated carbocycles. The van der Waals surface area contributed by atoms with Crippen LogP contribution in [0.5, 0.6) is 0 Å². The zero-order chi connectivity index (χ0) is 19.7. The molecule has 2 heterocycles. The molecule has 0 aliphatic carbocycles. The standard InChI is InChI=1S/C20H22N2O4S/c1-11(2)8-14-10-27-19-18(14)17(16(12(3)21-19)20(23)26-4)13-6-5-7-15(9-13)22(24)25/h5-7,9-11,17,21H,8H2,1-4H3/t17-/m0/s1. The molecule has 0 amide bonds. The number of carbonyl (C=O) groups excluding carboxylic acids is 1. The first-order valence-corrected chi connectivity index (χ1v) is 9.62. The Kier molecular flexibility index (Phi) is 5.32. The number of rotatable bonds is 5. The van der Waals surface area contributed by atoms with Gasteiger partial charge < -0.3 is 10.1 Å². The molecule has 0 radical (unpaired) electrons. The van der Waals surface area contributed by atoms with Crippen LogP contribution < -0.4 is 5.32 Å². The number of nitro benzene ring substituents is 1. The van der Waals surface area contributed by atoms with Crippen LogP contribution in [-0.2, 0) is 16.0 Å². The molecule has 1 aliphatic heterocycles. The molecule has 3 rings (SSSR count). The van der Waals surface area contributed by atoms with E-state index in [2.05, 4.69) is 24.5 Å². The number of methoxy groups -OCH3 is 1. The van der Waals surface area contributed by atoms with E-state index in [9.17, 15) is 14.9 Å². The van der Waals surface area contributed by atoms with Crippen molar-refractivity contribution < 1.29 is 14.5 Å². The number of fused-ring (bicyclic) bond motifs is 1. The number of allylic oxidation sites excluding steroid dienone is 1. The fourth-order valence-corrected chi connectivity index (χ4v) is 4.62. The van der Waals surface area contributed by atoms with Gasteiger partial charge in [-0.15, -0.1) is 11.3 Å². The van der Waals surface area contributed by atoms with Crippen LogP contribution in [0.3, 0.4) is 0 Å². The molecule has 142 valence electrons. The Morgan fingerprint density at radius 2 is 2.15 bits per heavy atom. The van der Waals surface area contributed by atoms with E-state index in [4.69, 9.17) is 4.74 Å². The minimum Gasteiger partial charge on any atom is -0.466 e. The number of thiophene rings is 1. The molecule has 0 saturated heterocycles. The summed E-state index contributed by atoms with van der Waals surface area (Å²) in [7, 11) is 1.35. The molecule has 0 unspecified atom stereocenters. The molecule has 7 heteroatoms. The van der Waals surface area contributed by atoms with E-state index in [0.29, 0.717) is 17.2 Å². The molecule has 1 aromatic carbocycles. The lowest BCUT2D eigenvalue weighted by molar-refractivity contribution is -0.384. The Balaban J connectivity index is 2.23. The summed E-state index contributed by atoms with van der Waals surface area (Å²) < 4.78 is 5.03. The third-order valence-corrected chi connectivity index (χ3v) is 5.60. The molecule has 0 spiro atoms.